The summed E-state index contributed by atoms with van der Waals surface area (Å²) in [4.78, 5) is 12.4. The predicted octanol–water partition coefficient (Wildman–Crippen LogP) is 7.03. The van der Waals surface area contributed by atoms with Gasteiger partial charge in [-0.15, -0.1) is 0 Å². The molecule has 0 saturated carbocycles. The predicted molar refractivity (Wildman–Crippen MR) is 113 cm³/mol. The second-order valence-electron chi connectivity index (χ2n) is 6.48. The van der Waals surface area contributed by atoms with Crippen molar-refractivity contribution in [2.24, 2.45) is 0 Å². The zero-order chi connectivity index (χ0) is 23.4. The van der Waals surface area contributed by atoms with Crippen molar-refractivity contribution in [1.29, 1.82) is 0 Å². The number of allylic oxidation sites excluding steroid dienone is 1. The average molecular weight is 485 g/mol. The van der Waals surface area contributed by atoms with Gasteiger partial charge in [-0.3, -0.25) is 4.79 Å². The van der Waals surface area contributed by atoms with Crippen molar-refractivity contribution in [2.75, 3.05) is 7.11 Å². The molecular weight excluding hydrogens is 471 g/mol. The number of ether oxygens (including phenoxy) is 2. The highest BCUT2D eigenvalue weighted by molar-refractivity contribution is 6.37. The van der Waals surface area contributed by atoms with Crippen molar-refractivity contribution in [3.8, 4) is 11.5 Å². The molecule has 0 amide bonds. The number of ketones is 1. The molecule has 3 rings (SSSR count). The Hall–Kier alpha value is -3.03. The van der Waals surface area contributed by atoms with Gasteiger partial charge < -0.3 is 9.47 Å². The first-order chi connectivity index (χ1) is 15.2. The molecule has 0 fully saturated rings. The van der Waals surface area contributed by atoms with Crippen LogP contribution in [0.25, 0.3) is 6.08 Å². The molecule has 9 heteroatoms. The van der Waals surface area contributed by atoms with E-state index in [1.807, 2.05) is 0 Å². The summed E-state index contributed by atoms with van der Waals surface area (Å²) >= 11 is 11.9. The van der Waals surface area contributed by atoms with E-state index in [0.717, 1.165) is 0 Å². The summed E-state index contributed by atoms with van der Waals surface area (Å²) in [5.74, 6) is -7.72. The third kappa shape index (κ3) is 5.23. The highest BCUT2D eigenvalue weighted by Gasteiger charge is 2.21. The zero-order valence-electron chi connectivity index (χ0n) is 16.4. The minimum absolute atomic E-state index is 0.0908. The van der Waals surface area contributed by atoms with Gasteiger partial charge >= 0.3 is 0 Å². The van der Waals surface area contributed by atoms with E-state index < -0.39 is 35.6 Å². The molecule has 0 aromatic heterocycles. The summed E-state index contributed by atoms with van der Waals surface area (Å²) in [7, 11) is 1.36. The van der Waals surface area contributed by atoms with Gasteiger partial charge in [0.15, 0.2) is 23.2 Å². The summed E-state index contributed by atoms with van der Waals surface area (Å²) in [6.07, 6.45) is 2.77. The number of carbonyl (C=O) groups excluding carboxylic acids is 1. The summed E-state index contributed by atoms with van der Waals surface area (Å²) in [5.41, 5.74) is 1.09. The standard InChI is InChI=1S/C23H14Cl2F4O3/c1-31-20-7-3-12(2-6-19(30)15-5-4-14(24)9-16(15)25)8-13(20)11-32-23-21(28)17(26)10-18(27)22(23)29/h2-10H,11H2,1H3/b6-2+. The van der Waals surface area contributed by atoms with Crippen LogP contribution in [0.15, 0.2) is 48.5 Å². The van der Waals surface area contributed by atoms with Crippen LogP contribution in [-0.4, -0.2) is 12.9 Å². The zero-order valence-corrected chi connectivity index (χ0v) is 17.9. The van der Waals surface area contributed by atoms with Crippen molar-refractivity contribution in [3.05, 3.63) is 98.5 Å². The van der Waals surface area contributed by atoms with Gasteiger partial charge in [-0.05, 0) is 42.0 Å². The lowest BCUT2D eigenvalue weighted by atomic mass is 10.1. The van der Waals surface area contributed by atoms with E-state index in [2.05, 4.69) is 0 Å². The Kier molecular flexibility index (Phi) is 7.43. The van der Waals surface area contributed by atoms with E-state index in [9.17, 15) is 22.4 Å². The average Bonchev–Trinajstić information content (AvgIpc) is 2.76. The Balaban J connectivity index is 1.83. The van der Waals surface area contributed by atoms with E-state index in [4.69, 9.17) is 32.7 Å². The van der Waals surface area contributed by atoms with Crippen LogP contribution < -0.4 is 9.47 Å². The molecule has 0 atom stereocenters. The fourth-order valence-corrected chi connectivity index (χ4v) is 3.30. The molecule has 3 nitrogen and oxygen atoms in total. The van der Waals surface area contributed by atoms with Crippen molar-refractivity contribution >= 4 is 35.1 Å². The minimum atomic E-state index is -1.65. The Bertz CT molecular complexity index is 1190. The first-order valence-corrected chi connectivity index (χ1v) is 9.77. The van der Waals surface area contributed by atoms with Crippen LogP contribution in [0, 0.1) is 23.3 Å². The van der Waals surface area contributed by atoms with Crippen molar-refractivity contribution in [1.82, 2.24) is 0 Å². The third-order valence-corrected chi connectivity index (χ3v) is 4.92. The molecule has 0 aliphatic heterocycles. The minimum Gasteiger partial charge on any atom is -0.496 e. The smallest absolute Gasteiger partial charge is 0.203 e. The molecule has 0 bridgehead atoms. The van der Waals surface area contributed by atoms with Crippen LogP contribution in [0.2, 0.25) is 10.0 Å². The topological polar surface area (TPSA) is 35.5 Å². The van der Waals surface area contributed by atoms with Gasteiger partial charge in [0.05, 0.1) is 12.1 Å². The molecule has 0 aliphatic rings. The van der Waals surface area contributed by atoms with E-state index >= 15 is 0 Å². The molecule has 0 heterocycles. The summed E-state index contributed by atoms with van der Waals surface area (Å²) < 4.78 is 64.6. The Morgan fingerprint density at radius 2 is 1.66 bits per heavy atom. The maximum atomic E-state index is 13.8. The second-order valence-corrected chi connectivity index (χ2v) is 7.32. The highest BCUT2D eigenvalue weighted by Crippen LogP contribution is 2.29. The quantitative estimate of drug-likeness (QED) is 0.156. The van der Waals surface area contributed by atoms with Gasteiger partial charge in [0.1, 0.15) is 12.4 Å². The van der Waals surface area contributed by atoms with Gasteiger partial charge in [0.2, 0.25) is 11.6 Å². The molecule has 0 spiro atoms. The molecule has 3 aromatic carbocycles. The van der Waals surface area contributed by atoms with Crippen molar-refractivity contribution in [3.63, 3.8) is 0 Å². The lowest BCUT2D eigenvalue weighted by Gasteiger charge is -2.13. The molecule has 0 aliphatic carbocycles. The van der Waals surface area contributed by atoms with Crippen LogP contribution in [0.5, 0.6) is 11.5 Å². The number of hydrogen-bond acceptors (Lipinski definition) is 3. The van der Waals surface area contributed by atoms with Crippen molar-refractivity contribution in [2.45, 2.75) is 6.61 Å². The van der Waals surface area contributed by atoms with E-state index in [0.29, 0.717) is 21.9 Å². The molecule has 166 valence electrons. The number of halogens is 6. The molecule has 3 aromatic rings. The van der Waals surface area contributed by atoms with Crippen LogP contribution in [0.3, 0.4) is 0 Å². The Morgan fingerprint density at radius 1 is 0.969 bits per heavy atom. The fourth-order valence-electron chi connectivity index (χ4n) is 2.79. The Labute approximate surface area is 190 Å². The normalized spacial score (nSPS) is 11.1. The van der Waals surface area contributed by atoms with Gasteiger partial charge in [-0.25, -0.2) is 8.78 Å². The van der Waals surface area contributed by atoms with Crippen LogP contribution >= 0.6 is 23.2 Å². The molecule has 0 unspecified atom stereocenters. The maximum absolute atomic E-state index is 13.8. The first-order valence-electron chi connectivity index (χ1n) is 9.01. The molecule has 0 saturated heterocycles. The van der Waals surface area contributed by atoms with E-state index in [1.54, 1.807) is 6.07 Å². The van der Waals surface area contributed by atoms with Crippen molar-refractivity contribution < 1.29 is 31.8 Å². The maximum Gasteiger partial charge on any atom is 0.203 e. The van der Waals surface area contributed by atoms with Crippen LogP contribution in [0.1, 0.15) is 21.5 Å². The first kappa shape index (κ1) is 23.6. The number of hydrogen-bond donors (Lipinski definition) is 0. The fraction of sp³-hybridized carbons (Fsp3) is 0.0870. The van der Waals surface area contributed by atoms with Gasteiger partial charge in [0, 0.05) is 22.2 Å². The van der Waals surface area contributed by atoms with Crippen LogP contribution in [-0.2, 0) is 6.61 Å². The summed E-state index contributed by atoms with van der Waals surface area (Å²) in [5, 5.41) is 0.587. The SMILES string of the molecule is COc1ccc(/C=C/C(=O)c2ccc(Cl)cc2Cl)cc1COc1c(F)c(F)cc(F)c1F. The third-order valence-electron chi connectivity index (χ3n) is 4.37. The molecule has 0 radical (unpaired) electrons. The Morgan fingerprint density at radius 3 is 2.28 bits per heavy atom. The van der Waals surface area contributed by atoms with Crippen LogP contribution in [0.4, 0.5) is 17.6 Å². The lowest BCUT2D eigenvalue weighted by Crippen LogP contribution is -2.05. The van der Waals surface area contributed by atoms with Gasteiger partial charge in [-0.2, -0.15) is 8.78 Å². The second kappa shape index (κ2) is 10.1. The number of carbonyl (C=O) groups is 1. The monoisotopic (exact) mass is 484 g/mol. The van der Waals surface area contributed by atoms with Gasteiger partial charge in [-0.1, -0.05) is 35.3 Å². The molecular formula is C23H14Cl2F4O3. The lowest BCUT2D eigenvalue weighted by molar-refractivity contribution is 0.104. The number of benzene rings is 3. The van der Waals surface area contributed by atoms with Gasteiger partial charge in [0.25, 0.3) is 0 Å². The highest BCUT2D eigenvalue weighted by atomic mass is 35.5. The number of rotatable bonds is 7. The summed E-state index contributed by atoms with van der Waals surface area (Å²) in [6.45, 7) is -0.460. The van der Waals surface area contributed by atoms with E-state index in [-0.39, 0.29) is 22.4 Å². The molecule has 32 heavy (non-hydrogen) atoms. The largest absolute Gasteiger partial charge is 0.496 e. The summed E-state index contributed by atoms with van der Waals surface area (Å²) in [6, 6.07) is 9.25. The number of methoxy groups -OCH3 is 1. The van der Waals surface area contributed by atoms with E-state index in [1.165, 1.54) is 49.6 Å². The molecule has 0 N–H and O–H groups in total.